The molecule has 0 aliphatic heterocycles. The maximum Gasteiger partial charge on any atom is 0.408 e. The van der Waals surface area contributed by atoms with Crippen molar-refractivity contribution in [3.63, 3.8) is 0 Å². The van der Waals surface area contributed by atoms with Crippen LogP contribution in [0.15, 0.2) is 48.7 Å². The molecule has 11 nitrogen and oxygen atoms in total. The number of aromatic nitrogens is 5. The Morgan fingerprint density at radius 3 is 2.75 bits per heavy atom. The van der Waals surface area contributed by atoms with E-state index in [1.165, 1.54) is 4.68 Å². The van der Waals surface area contributed by atoms with Gasteiger partial charge in [-0.05, 0) is 55.0 Å². The van der Waals surface area contributed by atoms with Crippen molar-refractivity contribution in [1.82, 2.24) is 30.5 Å². The lowest BCUT2D eigenvalue weighted by Crippen LogP contribution is -2.38. The lowest BCUT2D eigenvalue weighted by Gasteiger charge is -2.24. The standard InChI is InChI=1S/C24H28ClN7O4/c1-24(2,3)36-23(33)28-20(16-34-14-17-8-7-9-18(25)12-17)22-29-30-31-32(22)19(13-26-4)15-35-21-10-5-6-11-27-21/h5-12,19-20H,13-16H2,1-3H3,(H,28,33)/t19-,20-/m1/s1. The number of benzene rings is 1. The average Bonchev–Trinajstić information content (AvgIpc) is 3.30. The molecule has 2 aromatic heterocycles. The second-order valence-electron chi connectivity index (χ2n) is 8.80. The third kappa shape index (κ3) is 8.48. The summed E-state index contributed by atoms with van der Waals surface area (Å²) in [6, 6.07) is 11.3. The molecule has 0 radical (unpaired) electrons. The third-order valence-corrected chi connectivity index (χ3v) is 4.91. The van der Waals surface area contributed by atoms with Gasteiger partial charge in [0.05, 0.1) is 13.2 Å². The van der Waals surface area contributed by atoms with Crippen molar-refractivity contribution in [3.8, 4) is 5.88 Å². The molecule has 3 rings (SSSR count). The van der Waals surface area contributed by atoms with Crippen LogP contribution >= 0.6 is 11.6 Å². The number of carbonyl (C=O) groups excluding carboxylic acids is 1. The van der Waals surface area contributed by atoms with Gasteiger partial charge >= 0.3 is 6.09 Å². The number of halogens is 1. The van der Waals surface area contributed by atoms with Crippen LogP contribution in [0.2, 0.25) is 5.02 Å². The highest BCUT2D eigenvalue weighted by atomic mass is 35.5. The zero-order valence-corrected chi connectivity index (χ0v) is 21.1. The van der Waals surface area contributed by atoms with Gasteiger partial charge in [-0.15, -0.1) is 5.10 Å². The topological polar surface area (TPSA) is 118 Å². The molecule has 2 atom stereocenters. The number of ether oxygens (including phenoxy) is 3. The van der Waals surface area contributed by atoms with Crippen molar-refractivity contribution >= 4 is 17.7 Å². The van der Waals surface area contributed by atoms with Gasteiger partial charge in [0, 0.05) is 17.3 Å². The number of hydrogen-bond acceptors (Lipinski definition) is 8. The van der Waals surface area contributed by atoms with Crippen LogP contribution in [0.5, 0.6) is 5.88 Å². The Labute approximate surface area is 214 Å². The molecule has 0 unspecified atom stereocenters. The summed E-state index contributed by atoms with van der Waals surface area (Å²) in [4.78, 5) is 20.2. The van der Waals surface area contributed by atoms with Crippen molar-refractivity contribution in [2.24, 2.45) is 0 Å². The fourth-order valence-electron chi connectivity index (χ4n) is 3.16. The van der Waals surface area contributed by atoms with Crippen molar-refractivity contribution < 1.29 is 19.0 Å². The Morgan fingerprint density at radius 2 is 2.06 bits per heavy atom. The number of pyridine rings is 1. The van der Waals surface area contributed by atoms with Crippen LogP contribution in [0.3, 0.4) is 0 Å². The SMILES string of the molecule is [C-]#[N+]C[C@H](COc1ccccn1)n1nnnc1[C@@H](COCc1cccc(Cl)c1)NC(=O)OC(C)(C)C. The summed E-state index contributed by atoms with van der Waals surface area (Å²) in [5, 5.41) is 15.4. The van der Waals surface area contributed by atoms with E-state index in [9.17, 15) is 4.79 Å². The predicted octanol–water partition coefficient (Wildman–Crippen LogP) is 4.04. The van der Waals surface area contributed by atoms with Gasteiger partial charge in [-0.25, -0.2) is 21.0 Å². The Kier molecular flexibility index (Phi) is 9.55. The molecule has 0 bridgehead atoms. The molecule has 0 fully saturated rings. The molecule has 2 heterocycles. The molecule has 3 aromatic rings. The van der Waals surface area contributed by atoms with E-state index < -0.39 is 23.8 Å². The van der Waals surface area contributed by atoms with Gasteiger partial charge in [-0.2, -0.15) is 0 Å². The Hall–Kier alpha value is -3.75. The van der Waals surface area contributed by atoms with E-state index in [0.29, 0.717) is 16.7 Å². The fraction of sp³-hybridized carbons (Fsp3) is 0.417. The summed E-state index contributed by atoms with van der Waals surface area (Å²) in [7, 11) is 0. The first-order valence-corrected chi connectivity index (χ1v) is 11.6. The van der Waals surface area contributed by atoms with Crippen molar-refractivity contribution in [1.29, 1.82) is 0 Å². The molecule has 190 valence electrons. The smallest absolute Gasteiger partial charge is 0.408 e. The minimum absolute atomic E-state index is 0.0396. The molecule has 0 saturated heterocycles. The maximum atomic E-state index is 12.6. The van der Waals surface area contributed by atoms with Crippen LogP contribution in [-0.2, 0) is 16.1 Å². The molecule has 0 saturated carbocycles. The van der Waals surface area contributed by atoms with Crippen LogP contribution in [0, 0.1) is 6.57 Å². The highest BCUT2D eigenvalue weighted by molar-refractivity contribution is 6.30. The number of nitrogens with zero attached hydrogens (tertiary/aromatic N) is 6. The summed E-state index contributed by atoms with van der Waals surface area (Å²) in [5.41, 5.74) is 0.165. The number of carbonyl (C=O) groups is 1. The summed E-state index contributed by atoms with van der Waals surface area (Å²) in [6.07, 6.45) is 0.958. The first kappa shape index (κ1) is 26.8. The van der Waals surface area contributed by atoms with Gasteiger partial charge in [0.2, 0.25) is 12.4 Å². The van der Waals surface area contributed by atoms with E-state index in [0.717, 1.165) is 5.56 Å². The second-order valence-corrected chi connectivity index (χ2v) is 9.24. The summed E-state index contributed by atoms with van der Waals surface area (Å²) in [5.74, 6) is 0.709. The number of amides is 1. The van der Waals surface area contributed by atoms with Gasteiger partial charge in [0.1, 0.15) is 18.2 Å². The number of hydrogen-bond donors (Lipinski definition) is 1. The van der Waals surface area contributed by atoms with Gasteiger partial charge in [-0.3, -0.25) is 0 Å². The Bertz CT molecular complexity index is 1160. The van der Waals surface area contributed by atoms with E-state index in [2.05, 4.69) is 30.7 Å². The molecule has 0 spiro atoms. The van der Waals surface area contributed by atoms with Crippen molar-refractivity contribution in [2.45, 2.75) is 45.1 Å². The highest BCUT2D eigenvalue weighted by Gasteiger charge is 2.29. The Balaban J connectivity index is 1.78. The largest absolute Gasteiger partial charge is 0.475 e. The summed E-state index contributed by atoms with van der Waals surface area (Å²) >= 11 is 6.06. The second kappa shape index (κ2) is 12.8. The highest BCUT2D eigenvalue weighted by Crippen LogP contribution is 2.19. The fourth-order valence-corrected chi connectivity index (χ4v) is 3.37. The van der Waals surface area contributed by atoms with E-state index in [1.54, 1.807) is 57.3 Å². The molecular weight excluding hydrogens is 486 g/mol. The molecule has 12 heteroatoms. The van der Waals surface area contributed by atoms with Crippen LogP contribution in [0.1, 0.15) is 44.2 Å². The monoisotopic (exact) mass is 513 g/mol. The van der Waals surface area contributed by atoms with E-state index in [1.807, 2.05) is 12.1 Å². The average molecular weight is 514 g/mol. The molecule has 1 amide bonds. The van der Waals surface area contributed by atoms with Crippen molar-refractivity contribution in [3.05, 3.63) is 76.5 Å². The summed E-state index contributed by atoms with van der Waals surface area (Å²) in [6.45, 7) is 13.1. The number of rotatable bonds is 11. The maximum absolute atomic E-state index is 12.6. The third-order valence-electron chi connectivity index (χ3n) is 4.67. The minimum Gasteiger partial charge on any atom is -0.475 e. The minimum atomic E-state index is -0.767. The Morgan fingerprint density at radius 1 is 1.22 bits per heavy atom. The normalized spacial score (nSPS) is 12.9. The lowest BCUT2D eigenvalue weighted by atomic mass is 10.2. The van der Waals surface area contributed by atoms with Gasteiger partial charge in [0.25, 0.3) is 0 Å². The van der Waals surface area contributed by atoms with Gasteiger partial charge < -0.3 is 24.4 Å². The summed E-state index contributed by atoms with van der Waals surface area (Å²) < 4.78 is 18.5. The zero-order chi connectivity index (χ0) is 26.0. The van der Waals surface area contributed by atoms with Crippen LogP contribution < -0.4 is 10.1 Å². The number of nitrogens with one attached hydrogen (secondary N) is 1. The first-order chi connectivity index (χ1) is 17.2. The van der Waals surface area contributed by atoms with Gasteiger partial charge in [-0.1, -0.05) is 29.8 Å². The molecule has 1 aromatic carbocycles. The molecule has 1 N–H and O–H groups in total. The molecule has 0 aliphatic rings. The zero-order valence-electron chi connectivity index (χ0n) is 20.3. The van der Waals surface area contributed by atoms with Gasteiger partial charge in [0.15, 0.2) is 11.9 Å². The number of alkyl carbamates (subject to hydrolysis) is 1. The number of tetrazole rings is 1. The van der Waals surface area contributed by atoms with Crippen LogP contribution in [0.4, 0.5) is 4.79 Å². The molecular formula is C24H28ClN7O4. The van der Waals surface area contributed by atoms with E-state index in [-0.39, 0.29) is 26.4 Å². The predicted molar refractivity (Wildman–Crippen MR) is 131 cm³/mol. The van der Waals surface area contributed by atoms with Crippen LogP contribution in [-0.4, -0.2) is 56.6 Å². The first-order valence-electron chi connectivity index (χ1n) is 11.2. The quantitative estimate of drug-likeness (QED) is 0.382. The molecule has 0 aliphatic carbocycles. The van der Waals surface area contributed by atoms with Crippen LogP contribution in [0.25, 0.3) is 4.85 Å². The lowest BCUT2D eigenvalue weighted by molar-refractivity contribution is 0.0414. The van der Waals surface area contributed by atoms with Crippen molar-refractivity contribution in [2.75, 3.05) is 19.8 Å². The van der Waals surface area contributed by atoms with E-state index >= 15 is 0 Å². The molecule has 36 heavy (non-hydrogen) atoms. The van der Waals surface area contributed by atoms with E-state index in [4.69, 9.17) is 32.4 Å².